The van der Waals surface area contributed by atoms with E-state index < -0.39 is 37.0 Å². The van der Waals surface area contributed by atoms with Crippen molar-refractivity contribution in [2.24, 2.45) is 0 Å². The van der Waals surface area contributed by atoms with E-state index in [4.69, 9.17) is 14.9 Å². The first-order valence-electron chi connectivity index (χ1n) is 14.5. The Bertz CT molecular complexity index is 544. The van der Waals surface area contributed by atoms with Gasteiger partial charge in [0.25, 0.3) is 0 Å². The number of carbonyl (C=O) groups is 3. The van der Waals surface area contributed by atoms with Gasteiger partial charge in [0.05, 0.1) is 6.61 Å². The maximum Gasteiger partial charge on any atom is 0.328 e. The van der Waals surface area contributed by atoms with Crippen LogP contribution < -0.4 is 10.6 Å². The summed E-state index contributed by atoms with van der Waals surface area (Å²) >= 11 is 0. The second-order valence-electron chi connectivity index (χ2n) is 9.75. The monoisotopic (exact) mass is 514 g/mol. The Kier molecular flexibility index (Phi) is 25.2. The first-order chi connectivity index (χ1) is 17.5. The highest BCUT2D eigenvalue weighted by atomic mass is 16.5. The summed E-state index contributed by atoms with van der Waals surface area (Å²) in [5.74, 6) is -1.55. The summed E-state index contributed by atoms with van der Waals surface area (Å²) in [6.07, 6.45) is 22.1. The fourth-order valence-corrected chi connectivity index (χ4v) is 4.17. The van der Waals surface area contributed by atoms with Gasteiger partial charge in [0.1, 0.15) is 19.3 Å². The zero-order valence-electron chi connectivity index (χ0n) is 22.9. The van der Waals surface area contributed by atoms with Gasteiger partial charge in [-0.2, -0.15) is 0 Å². The van der Waals surface area contributed by atoms with Crippen LogP contribution in [0.25, 0.3) is 0 Å². The van der Waals surface area contributed by atoms with E-state index in [0.29, 0.717) is 32.4 Å². The Morgan fingerprint density at radius 3 is 1.58 bits per heavy atom. The lowest BCUT2D eigenvalue weighted by Crippen LogP contribution is -2.43. The van der Waals surface area contributed by atoms with E-state index in [0.717, 1.165) is 19.3 Å². The number of esters is 1. The number of carbonyl (C=O) groups excluding carboxylic acids is 3. The normalized spacial score (nSPS) is 11.8. The Morgan fingerprint density at radius 1 is 0.639 bits per heavy atom. The topological polar surface area (TPSA) is 125 Å². The summed E-state index contributed by atoms with van der Waals surface area (Å²) in [7, 11) is 0. The maximum absolute atomic E-state index is 12.4. The van der Waals surface area contributed by atoms with Gasteiger partial charge < -0.3 is 25.6 Å². The molecule has 0 heterocycles. The Hall–Kier alpha value is -1.67. The van der Waals surface area contributed by atoms with Crippen LogP contribution in [0.5, 0.6) is 0 Å². The number of unbranched alkanes of at least 4 members (excludes halogenated alkanes) is 16. The van der Waals surface area contributed by atoms with Crippen LogP contribution in [0.3, 0.4) is 0 Å². The largest absolute Gasteiger partial charge is 0.464 e. The van der Waals surface area contributed by atoms with E-state index in [1.807, 2.05) is 0 Å². The third kappa shape index (κ3) is 22.8. The molecule has 8 heteroatoms. The van der Waals surface area contributed by atoms with E-state index in [-0.39, 0.29) is 0 Å². The zero-order chi connectivity index (χ0) is 26.7. The van der Waals surface area contributed by atoms with Gasteiger partial charge in [-0.15, -0.1) is 0 Å². The van der Waals surface area contributed by atoms with E-state index in [2.05, 4.69) is 17.6 Å². The molecule has 2 amide bonds. The van der Waals surface area contributed by atoms with Crippen LogP contribution in [0.2, 0.25) is 0 Å². The lowest BCUT2D eigenvalue weighted by atomic mass is 10.0. The van der Waals surface area contributed by atoms with E-state index in [1.165, 1.54) is 83.5 Å². The fourth-order valence-electron chi connectivity index (χ4n) is 4.17. The van der Waals surface area contributed by atoms with Crippen molar-refractivity contribution in [2.45, 2.75) is 135 Å². The number of aliphatic hydroxyl groups excluding tert-OH is 2. The van der Waals surface area contributed by atoms with Crippen molar-refractivity contribution in [2.75, 3.05) is 26.4 Å². The molecule has 0 saturated carbocycles. The standard InChI is InChI=1S/C28H54N2O6/c1-2-3-4-5-6-7-8-9-10-11-12-13-14-15-16-19-22-36-28(35)25(30-27(34)24-32)20-17-18-21-29-26(33)23-31/h25,31-32H,2-24H2,1H3,(H,29,33)(H,30,34)/t25-/m0/s1. The van der Waals surface area contributed by atoms with Crippen LogP contribution >= 0.6 is 0 Å². The Balaban J connectivity index is 3.70. The molecule has 4 N–H and O–H groups in total. The summed E-state index contributed by atoms with van der Waals surface area (Å²) in [6, 6.07) is -0.806. The summed E-state index contributed by atoms with van der Waals surface area (Å²) in [4.78, 5) is 34.9. The maximum atomic E-state index is 12.4. The third-order valence-corrected chi connectivity index (χ3v) is 6.39. The van der Waals surface area contributed by atoms with Gasteiger partial charge in [0.2, 0.25) is 11.8 Å². The quantitative estimate of drug-likeness (QED) is 0.0991. The predicted molar refractivity (Wildman–Crippen MR) is 143 cm³/mol. The van der Waals surface area contributed by atoms with Crippen molar-refractivity contribution in [3.63, 3.8) is 0 Å². The average Bonchev–Trinajstić information content (AvgIpc) is 2.88. The third-order valence-electron chi connectivity index (χ3n) is 6.39. The van der Waals surface area contributed by atoms with Crippen LogP contribution in [0, 0.1) is 0 Å². The molecule has 0 bridgehead atoms. The molecule has 1 atom stereocenters. The number of ether oxygens (including phenoxy) is 1. The number of aliphatic hydroxyl groups is 2. The molecule has 0 spiro atoms. The Labute approximate surface area is 219 Å². The number of hydrogen-bond donors (Lipinski definition) is 4. The first-order valence-corrected chi connectivity index (χ1v) is 14.5. The SMILES string of the molecule is CCCCCCCCCCCCCCCCCCOC(=O)[C@H](CCCCNC(=O)CO)NC(=O)CO. The zero-order valence-corrected chi connectivity index (χ0v) is 22.9. The molecule has 0 saturated heterocycles. The Morgan fingerprint density at radius 2 is 1.11 bits per heavy atom. The minimum Gasteiger partial charge on any atom is -0.464 e. The van der Waals surface area contributed by atoms with Crippen molar-refractivity contribution in [3.8, 4) is 0 Å². The van der Waals surface area contributed by atoms with Crippen molar-refractivity contribution in [3.05, 3.63) is 0 Å². The lowest BCUT2D eigenvalue weighted by Gasteiger charge is -2.17. The average molecular weight is 515 g/mol. The van der Waals surface area contributed by atoms with Crippen molar-refractivity contribution in [1.82, 2.24) is 10.6 Å². The molecule has 0 rings (SSSR count). The van der Waals surface area contributed by atoms with Crippen molar-refractivity contribution in [1.29, 1.82) is 0 Å². The van der Waals surface area contributed by atoms with Gasteiger partial charge in [-0.1, -0.05) is 103 Å². The van der Waals surface area contributed by atoms with Crippen molar-refractivity contribution < 1.29 is 29.3 Å². The minimum atomic E-state index is -0.806. The van der Waals surface area contributed by atoms with Crippen LogP contribution in [0.15, 0.2) is 0 Å². The molecule has 8 nitrogen and oxygen atoms in total. The molecule has 0 unspecified atom stereocenters. The van der Waals surface area contributed by atoms with E-state index >= 15 is 0 Å². The van der Waals surface area contributed by atoms with Crippen LogP contribution in [0.1, 0.15) is 129 Å². The van der Waals surface area contributed by atoms with Crippen LogP contribution in [0.4, 0.5) is 0 Å². The summed E-state index contributed by atoms with van der Waals surface area (Å²) in [5, 5.41) is 22.7. The van der Waals surface area contributed by atoms with Crippen LogP contribution in [-0.4, -0.2) is 60.4 Å². The van der Waals surface area contributed by atoms with Gasteiger partial charge in [0, 0.05) is 6.54 Å². The predicted octanol–water partition coefficient (Wildman–Crippen LogP) is 4.55. The summed E-state index contributed by atoms with van der Waals surface area (Å²) < 4.78 is 5.34. The molecule has 0 aliphatic heterocycles. The van der Waals surface area contributed by atoms with E-state index in [1.54, 1.807) is 0 Å². The second-order valence-corrected chi connectivity index (χ2v) is 9.75. The molecule has 36 heavy (non-hydrogen) atoms. The molecular formula is C28H54N2O6. The van der Waals surface area contributed by atoms with Gasteiger partial charge in [-0.05, 0) is 25.7 Å². The van der Waals surface area contributed by atoms with Crippen molar-refractivity contribution >= 4 is 17.8 Å². The molecule has 0 aliphatic rings. The lowest BCUT2D eigenvalue weighted by molar-refractivity contribution is -0.148. The van der Waals surface area contributed by atoms with Gasteiger partial charge in [-0.3, -0.25) is 9.59 Å². The number of nitrogens with one attached hydrogen (secondary N) is 2. The highest BCUT2D eigenvalue weighted by Gasteiger charge is 2.21. The van der Waals surface area contributed by atoms with Gasteiger partial charge in [-0.25, -0.2) is 4.79 Å². The molecule has 0 aliphatic carbocycles. The van der Waals surface area contributed by atoms with Crippen LogP contribution in [-0.2, 0) is 19.1 Å². The first kappa shape index (κ1) is 34.3. The second kappa shape index (κ2) is 26.4. The van der Waals surface area contributed by atoms with Gasteiger partial charge in [0.15, 0.2) is 0 Å². The summed E-state index contributed by atoms with van der Waals surface area (Å²) in [5.41, 5.74) is 0. The number of rotatable bonds is 26. The summed E-state index contributed by atoms with van der Waals surface area (Å²) in [6.45, 7) is 1.73. The highest BCUT2D eigenvalue weighted by Crippen LogP contribution is 2.14. The smallest absolute Gasteiger partial charge is 0.328 e. The van der Waals surface area contributed by atoms with Gasteiger partial charge >= 0.3 is 5.97 Å². The molecule has 0 aromatic rings. The molecule has 0 radical (unpaired) electrons. The highest BCUT2D eigenvalue weighted by molar-refractivity contribution is 5.84. The molecule has 212 valence electrons. The number of hydrogen-bond acceptors (Lipinski definition) is 6. The molecule has 0 fully saturated rings. The molecular weight excluding hydrogens is 460 g/mol. The molecule has 0 aromatic heterocycles. The molecule has 0 aromatic carbocycles. The minimum absolute atomic E-state index is 0.329. The van der Waals surface area contributed by atoms with E-state index in [9.17, 15) is 14.4 Å². The number of amides is 2. The fraction of sp³-hybridized carbons (Fsp3) is 0.893.